The first-order valence-corrected chi connectivity index (χ1v) is 10.1. The van der Waals surface area contributed by atoms with Crippen LogP contribution in [0.1, 0.15) is 53.1 Å². The molecule has 3 aliphatic rings. The van der Waals surface area contributed by atoms with Crippen molar-refractivity contribution < 1.29 is 32.4 Å². The second kappa shape index (κ2) is 6.99. The van der Waals surface area contributed by atoms with Gasteiger partial charge in [-0.1, -0.05) is 0 Å². The third-order valence-electron chi connectivity index (χ3n) is 6.73. The number of aromatic nitrogens is 1. The van der Waals surface area contributed by atoms with Crippen LogP contribution in [-0.2, 0) is 0 Å². The number of pyridine rings is 2. The fourth-order valence-corrected chi connectivity index (χ4v) is 5.03. The Morgan fingerprint density at radius 3 is 2.52 bits per heavy atom. The summed E-state index contributed by atoms with van der Waals surface area (Å²) < 4.78 is 16.4. The number of hydrogen-bond acceptors (Lipinski definition) is 3. The maximum absolute atomic E-state index is 15.2. The Balaban J connectivity index is 0.00000205. The summed E-state index contributed by atoms with van der Waals surface area (Å²) in [7, 11) is 0. The van der Waals surface area contributed by atoms with Crippen molar-refractivity contribution in [3.8, 4) is 0 Å². The molecule has 3 fully saturated rings. The Labute approximate surface area is 173 Å². The Kier molecular flexibility index (Phi) is 4.86. The van der Waals surface area contributed by atoms with E-state index in [-0.39, 0.29) is 29.9 Å². The molecule has 5 rings (SSSR count). The standard InChI is InChI=1S/C21H24FN3O3.ClH/c1-10-18-13(11-2-3-11)6-14(21(27)28)20(26)25(18)8-16(22)19(10)24-7-15(12-4-5-12)17(23)9-24;/h6,8,11-12,15,17H,2-5,7,9,23H2,1H3,(H,27,28);1H/t15-,17-;/m0./s1. The minimum absolute atomic E-state index is 0. The monoisotopic (exact) mass is 421 g/mol. The van der Waals surface area contributed by atoms with Crippen molar-refractivity contribution in [2.75, 3.05) is 18.0 Å². The minimum Gasteiger partial charge on any atom is -1.00 e. The predicted octanol–water partition coefficient (Wildman–Crippen LogP) is -1.22. The molecule has 2 aromatic heterocycles. The van der Waals surface area contributed by atoms with Gasteiger partial charge >= 0.3 is 5.97 Å². The summed E-state index contributed by atoms with van der Waals surface area (Å²) in [6.45, 7) is 3.36. The van der Waals surface area contributed by atoms with Crippen molar-refractivity contribution in [2.24, 2.45) is 11.8 Å². The predicted molar refractivity (Wildman–Crippen MR) is 102 cm³/mol. The molecule has 4 N–H and O–H groups in total. The summed E-state index contributed by atoms with van der Waals surface area (Å²) in [5.74, 6) is -0.298. The van der Waals surface area contributed by atoms with Crippen LogP contribution in [-0.4, -0.2) is 34.6 Å². The summed E-state index contributed by atoms with van der Waals surface area (Å²) in [6, 6.07) is 1.79. The van der Waals surface area contributed by atoms with Crippen molar-refractivity contribution in [1.82, 2.24) is 4.40 Å². The van der Waals surface area contributed by atoms with Crippen molar-refractivity contribution in [3.05, 3.63) is 45.1 Å². The van der Waals surface area contributed by atoms with Crippen LogP contribution in [0, 0.1) is 24.6 Å². The van der Waals surface area contributed by atoms with Crippen LogP contribution in [0.25, 0.3) is 5.52 Å². The number of rotatable bonds is 4. The van der Waals surface area contributed by atoms with Gasteiger partial charge < -0.3 is 28.1 Å². The van der Waals surface area contributed by atoms with E-state index in [1.807, 2.05) is 6.92 Å². The molecule has 0 unspecified atom stereocenters. The van der Waals surface area contributed by atoms with E-state index in [4.69, 9.17) is 0 Å². The number of aromatic carboxylic acids is 1. The highest BCUT2D eigenvalue weighted by atomic mass is 35.5. The number of nitrogens with zero attached hydrogens (tertiary/aromatic N) is 2. The molecule has 1 saturated heterocycles. The molecule has 6 nitrogen and oxygen atoms in total. The van der Waals surface area contributed by atoms with Gasteiger partial charge in [0.05, 0.1) is 23.9 Å². The topological polar surface area (TPSA) is 89.7 Å². The molecule has 0 bridgehead atoms. The average molecular weight is 422 g/mol. The number of carboxylic acid groups (broad SMARTS) is 1. The SMILES string of the molecule is Cc1c(N2C[C@H]([NH3+])[C@H](C3CC3)C2)c(F)cn2c(=O)c(C(=O)O)cc(C3CC3)c12.[Cl-]. The van der Waals surface area contributed by atoms with E-state index in [0.717, 1.165) is 30.5 Å². The molecule has 2 aromatic rings. The molecule has 0 radical (unpaired) electrons. The van der Waals surface area contributed by atoms with Crippen LogP contribution in [0.2, 0.25) is 0 Å². The number of quaternary nitrogens is 1. The van der Waals surface area contributed by atoms with Gasteiger partial charge in [0, 0.05) is 12.5 Å². The number of anilines is 1. The molecule has 0 spiro atoms. The molecule has 2 saturated carbocycles. The van der Waals surface area contributed by atoms with E-state index in [1.165, 1.54) is 29.5 Å². The van der Waals surface area contributed by atoms with Gasteiger partial charge in [0.15, 0.2) is 5.82 Å². The van der Waals surface area contributed by atoms with Crippen LogP contribution in [0.5, 0.6) is 0 Å². The average Bonchev–Trinajstić information content (AvgIpc) is 3.54. The smallest absolute Gasteiger partial charge is 0.341 e. The van der Waals surface area contributed by atoms with Crippen LogP contribution in [0.15, 0.2) is 17.1 Å². The van der Waals surface area contributed by atoms with E-state index in [1.54, 1.807) is 0 Å². The summed E-state index contributed by atoms with van der Waals surface area (Å²) >= 11 is 0. The zero-order valence-corrected chi connectivity index (χ0v) is 17.1. The molecule has 2 atom stereocenters. The van der Waals surface area contributed by atoms with Gasteiger partial charge in [0.25, 0.3) is 5.56 Å². The first kappa shape index (κ1) is 20.2. The van der Waals surface area contributed by atoms with Gasteiger partial charge in [0.2, 0.25) is 0 Å². The molecule has 8 heteroatoms. The number of hydrogen-bond donors (Lipinski definition) is 2. The van der Waals surface area contributed by atoms with E-state index < -0.39 is 17.3 Å². The molecule has 3 heterocycles. The van der Waals surface area contributed by atoms with Gasteiger partial charge in [-0.3, -0.25) is 9.20 Å². The van der Waals surface area contributed by atoms with Gasteiger partial charge in [-0.05, 0) is 61.6 Å². The van der Waals surface area contributed by atoms with Crippen molar-refractivity contribution in [3.63, 3.8) is 0 Å². The van der Waals surface area contributed by atoms with Crippen LogP contribution < -0.4 is 28.6 Å². The zero-order valence-electron chi connectivity index (χ0n) is 16.3. The van der Waals surface area contributed by atoms with E-state index in [0.29, 0.717) is 29.6 Å². The molecule has 2 aliphatic carbocycles. The number of aryl methyl sites for hydroxylation is 1. The highest BCUT2D eigenvalue weighted by Crippen LogP contribution is 2.45. The normalized spacial score (nSPS) is 24.0. The largest absolute Gasteiger partial charge is 1.00 e. The fraction of sp³-hybridized carbons (Fsp3) is 0.524. The second-order valence-electron chi connectivity index (χ2n) is 8.73. The van der Waals surface area contributed by atoms with Gasteiger partial charge in [-0.2, -0.15) is 0 Å². The molecule has 156 valence electrons. The summed E-state index contributed by atoms with van der Waals surface area (Å²) in [4.78, 5) is 26.3. The van der Waals surface area contributed by atoms with E-state index in [2.05, 4.69) is 10.6 Å². The lowest BCUT2D eigenvalue weighted by Gasteiger charge is -2.23. The molecule has 29 heavy (non-hydrogen) atoms. The van der Waals surface area contributed by atoms with Crippen molar-refractivity contribution in [2.45, 2.75) is 44.6 Å². The number of halogens is 2. The Bertz CT molecular complexity index is 1060. The molecule has 0 amide bonds. The highest BCUT2D eigenvalue weighted by Gasteiger charge is 2.44. The van der Waals surface area contributed by atoms with Crippen LogP contribution in [0.3, 0.4) is 0 Å². The van der Waals surface area contributed by atoms with Crippen molar-refractivity contribution in [1.29, 1.82) is 0 Å². The van der Waals surface area contributed by atoms with Gasteiger partial charge in [-0.25, -0.2) is 9.18 Å². The van der Waals surface area contributed by atoms with Gasteiger partial charge in [0.1, 0.15) is 11.6 Å². The summed E-state index contributed by atoms with van der Waals surface area (Å²) in [5.41, 5.74) is 6.11. The van der Waals surface area contributed by atoms with Crippen molar-refractivity contribution >= 4 is 17.2 Å². The lowest BCUT2D eigenvalue weighted by atomic mass is 9.99. The number of carboxylic acids is 1. The van der Waals surface area contributed by atoms with E-state index in [9.17, 15) is 14.7 Å². The Morgan fingerprint density at radius 2 is 1.93 bits per heavy atom. The third kappa shape index (κ3) is 3.20. The molecular formula is C21H25ClFN3O3. The first-order chi connectivity index (χ1) is 13.4. The summed E-state index contributed by atoms with van der Waals surface area (Å²) in [5, 5.41) is 9.41. The van der Waals surface area contributed by atoms with Crippen LogP contribution >= 0.6 is 0 Å². The lowest BCUT2D eigenvalue weighted by molar-refractivity contribution is -0.424. The maximum atomic E-state index is 15.2. The van der Waals surface area contributed by atoms with Crippen LogP contribution in [0.4, 0.5) is 10.1 Å². The number of carbonyl (C=O) groups is 1. The second-order valence-corrected chi connectivity index (χ2v) is 8.73. The third-order valence-corrected chi connectivity index (χ3v) is 6.73. The van der Waals surface area contributed by atoms with Gasteiger partial charge in [-0.15, -0.1) is 0 Å². The first-order valence-electron chi connectivity index (χ1n) is 10.1. The Hall–Kier alpha value is -2.12. The summed E-state index contributed by atoms with van der Waals surface area (Å²) in [6.07, 6.45) is 5.59. The molecule has 1 aliphatic heterocycles. The van der Waals surface area contributed by atoms with E-state index >= 15 is 4.39 Å². The zero-order chi connectivity index (χ0) is 19.7. The quantitative estimate of drug-likeness (QED) is 0.648. The Morgan fingerprint density at radius 1 is 1.24 bits per heavy atom. The lowest BCUT2D eigenvalue weighted by Crippen LogP contribution is -3.00. The molecular weight excluding hydrogens is 397 g/mol. The maximum Gasteiger partial charge on any atom is 0.341 e. The fourth-order valence-electron chi connectivity index (χ4n) is 5.03. The minimum atomic E-state index is -1.27. The molecule has 0 aromatic carbocycles. The highest BCUT2D eigenvalue weighted by molar-refractivity contribution is 5.89. The number of fused-ring (bicyclic) bond motifs is 1.